The maximum absolute atomic E-state index is 4.98. The normalized spacial score (nSPS) is 11.7. The van der Waals surface area contributed by atoms with Crippen LogP contribution in [0.15, 0.2) is 206 Å². The zero-order chi connectivity index (χ0) is 37.7. The van der Waals surface area contributed by atoms with Crippen LogP contribution in [-0.2, 0) is 0 Å². The standard InChI is InChI=1S/C53H35N3S/c1-3-11-35(12-4-1)37-19-23-41(24-20-37)50(42-25-21-38(22-26-42)36-13-5-2-6-14-36)47-33-32-45(52-53(47)55-57-54-52)40-27-30-43(31-28-40)56-48-18-10-9-17-46(48)51-44-16-8-7-15-39(44)29-34-49(51)56/h1-34,50H. The fourth-order valence-electron chi connectivity index (χ4n) is 8.71. The van der Waals surface area contributed by atoms with E-state index in [4.69, 9.17) is 8.75 Å². The summed E-state index contributed by atoms with van der Waals surface area (Å²) in [6, 6.07) is 74.5. The summed E-state index contributed by atoms with van der Waals surface area (Å²) in [6.45, 7) is 0. The van der Waals surface area contributed by atoms with Crippen molar-refractivity contribution >= 4 is 55.3 Å². The van der Waals surface area contributed by atoms with Gasteiger partial charge in [0.05, 0.1) is 22.8 Å². The first-order valence-electron chi connectivity index (χ1n) is 19.4. The van der Waals surface area contributed by atoms with Gasteiger partial charge in [-0.2, -0.15) is 8.75 Å². The highest BCUT2D eigenvalue weighted by atomic mass is 32.1. The molecule has 0 aliphatic rings. The van der Waals surface area contributed by atoms with Gasteiger partial charge in [0.15, 0.2) is 0 Å². The Morgan fingerprint density at radius 3 is 1.60 bits per heavy atom. The first kappa shape index (κ1) is 33.2. The maximum atomic E-state index is 4.98. The molecule has 0 atom stereocenters. The molecule has 0 spiro atoms. The summed E-state index contributed by atoms with van der Waals surface area (Å²) in [7, 11) is 0. The zero-order valence-corrected chi connectivity index (χ0v) is 31.8. The van der Waals surface area contributed by atoms with Crippen LogP contribution in [0.2, 0.25) is 0 Å². The molecule has 0 amide bonds. The molecule has 4 heteroatoms. The molecule has 3 nitrogen and oxygen atoms in total. The van der Waals surface area contributed by atoms with Crippen LogP contribution in [0.1, 0.15) is 22.6 Å². The van der Waals surface area contributed by atoms with Crippen LogP contribution >= 0.6 is 11.7 Å². The van der Waals surface area contributed by atoms with E-state index >= 15 is 0 Å². The SMILES string of the molecule is c1ccc(-c2ccc(C(c3ccc(-c4ccccc4)cc3)c3ccc(-c4ccc(-n5c6ccccc6c6c7ccccc7ccc65)cc4)c4nsnc34)cc2)cc1. The first-order valence-corrected chi connectivity index (χ1v) is 20.1. The molecule has 2 aromatic heterocycles. The molecular weight excluding hydrogens is 711 g/mol. The lowest BCUT2D eigenvalue weighted by atomic mass is 9.82. The third-order valence-corrected chi connectivity index (χ3v) is 12.0. The highest BCUT2D eigenvalue weighted by Crippen LogP contribution is 2.41. The number of nitrogens with zero attached hydrogens (tertiary/aromatic N) is 3. The summed E-state index contributed by atoms with van der Waals surface area (Å²) in [5, 5.41) is 5.08. The quantitative estimate of drug-likeness (QED) is 0.152. The van der Waals surface area contributed by atoms with Gasteiger partial charge < -0.3 is 4.57 Å². The maximum Gasteiger partial charge on any atom is 0.112 e. The number of hydrogen-bond acceptors (Lipinski definition) is 3. The van der Waals surface area contributed by atoms with Gasteiger partial charge in [0.25, 0.3) is 0 Å². The van der Waals surface area contributed by atoms with E-state index < -0.39 is 0 Å². The van der Waals surface area contributed by atoms with E-state index in [9.17, 15) is 0 Å². The molecule has 0 N–H and O–H groups in total. The van der Waals surface area contributed by atoms with Gasteiger partial charge in [-0.1, -0.05) is 182 Å². The summed E-state index contributed by atoms with van der Waals surface area (Å²) < 4.78 is 12.3. The van der Waals surface area contributed by atoms with Crippen LogP contribution in [-0.4, -0.2) is 13.3 Å². The minimum absolute atomic E-state index is 0.0335. The molecule has 0 aliphatic heterocycles. The van der Waals surface area contributed by atoms with Crippen molar-refractivity contribution in [2.24, 2.45) is 0 Å². The summed E-state index contributed by atoms with van der Waals surface area (Å²) >= 11 is 1.28. The number of aromatic nitrogens is 3. The Hall–Kier alpha value is -7.14. The molecule has 2 heterocycles. The van der Waals surface area contributed by atoms with Crippen molar-refractivity contribution in [1.82, 2.24) is 13.3 Å². The molecular formula is C53H35N3S. The van der Waals surface area contributed by atoms with Crippen LogP contribution < -0.4 is 0 Å². The molecule has 11 rings (SSSR count). The Balaban J connectivity index is 1.00. The Morgan fingerprint density at radius 1 is 0.386 bits per heavy atom. The fourth-order valence-corrected chi connectivity index (χ4v) is 9.29. The summed E-state index contributed by atoms with van der Waals surface area (Å²) in [5.41, 5.74) is 16.0. The Morgan fingerprint density at radius 2 is 0.930 bits per heavy atom. The third-order valence-electron chi connectivity index (χ3n) is 11.5. The molecule has 9 aromatic carbocycles. The minimum Gasteiger partial charge on any atom is -0.309 e. The zero-order valence-electron chi connectivity index (χ0n) is 31.0. The van der Waals surface area contributed by atoms with Gasteiger partial charge in [-0.05, 0) is 79.5 Å². The summed E-state index contributed by atoms with van der Waals surface area (Å²) in [4.78, 5) is 0. The molecule has 268 valence electrons. The highest BCUT2D eigenvalue weighted by Gasteiger charge is 2.23. The van der Waals surface area contributed by atoms with Crippen LogP contribution in [0.4, 0.5) is 0 Å². The number of rotatable bonds is 7. The van der Waals surface area contributed by atoms with Gasteiger partial charge >= 0.3 is 0 Å². The topological polar surface area (TPSA) is 30.7 Å². The van der Waals surface area contributed by atoms with Gasteiger partial charge in [-0.15, -0.1) is 0 Å². The molecule has 0 fully saturated rings. The molecule has 57 heavy (non-hydrogen) atoms. The van der Waals surface area contributed by atoms with Gasteiger partial charge in [-0.25, -0.2) is 0 Å². The van der Waals surface area contributed by atoms with Crippen molar-refractivity contribution in [3.05, 3.63) is 223 Å². The smallest absolute Gasteiger partial charge is 0.112 e. The van der Waals surface area contributed by atoms with E-state index in [0.29, 0.717) is 0 Å². The lowest BCUT2D eigenvalue weighted by molar-refractivity contribution is 0.986. The van der Waals surface area contributed by atoms with Gasteiger partial charge in [0, 0.05) is 27.9 Å². The number of para-hydroxylation sites is 1. The highest BCUT2D eigenvalue weighted by molar-refractivity contribution is 7.00. The average molecular weight is 746 g/mol. The predicted molar refractivity (Wildman–Crippen MR) is 239 cm³/mol. The Kier molecular flexibility index (Phi) is 8.08. The monoisotopic (exact) mass is 745 g/mol. The largest absolute Gasteiger partial charge is 0.309 e. The second-order valence-corrected chi connectivity index (χ2v) is 15.2. The Labute approximate surface area is 335 Å². The van der Waals surface area contributed by atoms with Crippen molar-refractivity contribution < 1.29 is 0 Å². The fraction of sp³-hybridized carbons (Fsp3) is 0.0189. The van der Waals surface area contributed by atoms with E-state index in [1.165, 1.54) is 77.7 Å². The predicted octanol–water partition coefficient (Wildman–Crippen LogP) is 14.1. The third kappa shape index (κ3) is 5.73. The van der Waals surface area contributed by atoms with Crippen LogP contribution in [0, 0.1) is 0 Å². The van der Waals surface area contributed by atoms with Crippen molar-refractivity contribution in [3.63, 3.8) is 0 Å². The van der Waals surface area contributed by atoms with Crippen LogP contribution in [0.5, 0.6) is 0 Å². The second kappa shape index (κ2) is 13.9. The first-order chi connectivity index (χ1) is 28.3. The molecule has 0 aliphatic carbocycles. The van der Waals surface area contributed by atoms with Gasteiger partial charge in [-0.3, -0.25) is 0 Å². The second-order valence-electron chi connectivity index (χ2n) is 14.7. The van der Waals surface area contributed by atoms with E-state index in [0.717, 1.165) is 33.4 Å². The average Bonchev–Trinajstić information content (AvgIpc) is 3.92. The van der Waals surface area contributed by atoms with Crippen molar-refractivity contribution in [2.45, 2.75) is 5.92 Å². The summed E-state index contributed by atoms with van der Waals surface area (Å²) in [6.07, 6.45) is 0. The molecule has 11 aromatic rings. The molecule has 0 saturated carbocycles. The lowest BCUT2D eigenvalue weighted by Gasteiger charge is -2.21. The minimum atomic E-state index is -0.0335. The summed E-state index contributed by atoms with van der Waals surface area (Å²) in [5.74, 6) is -0.0335. The van der Waals surface area contributed by atoms with Crippen molar-refractivity contribution in [1.29, 1.82) is 0 Å². The van der Waals surface area contributed by atoms with E-state index in [1.807, 2.05) is 0 Å². The van der Waals surface area contributed by atoms with Crippen LogP contribution in [0.3, 0.4) is 0 Å². The molecule has 0 saturated heterocycles. The lowest BCUT2D eigenvalue weighted by Crippen LogP contribution is -2.05. The number of fused-ring (bicyclic) bond motifs is 6. The number of benzene rings is 9. The van der Waals surface area contributed by atoms with Gasteiger partial charge in [0.1, 0.15) is 11.0 Å². The van der Waals surface area contributed by atoms with E-state index in [-0.39, 0.29) is 5.92 Å². The molecule has 0 bridgehead atoms. The van der Waals surface area contributed by atoms with Crippen LogP contribution in [0.25, 0.3) is 82.7 Å². The molecule has 0 radical (unpaired) electrons. The van der Waals surface area contributed by atoms with E-state index in [2.05, 4.69) is 211 Å². The van der Waals surface area contributed by atoms with Crippen molar-refractivity contribution in [2.75, 3.05) is 0 Å². The number of hydrogen-bond donors (Lipinski definition) is 0. The van der Waals surface area contributed by atoms with Crippen molar-refractivity contribution in [3.8, 4) is 39.1 Å². The Bertz CT molecular complexity index is 3120. The van der Waals surface area contributed by atoms with E-state index in [1.54, 1.807) is 0 Å². The van der Waals surface area contributed by atoms with Gasteiger partial charge in [0.2, 0.25) is 0 Å². The molecule has 0 unspecified atom stereocenters.